The number of para-hydroxylation sites is 1. The molecule has 0 N–H and O–H groups in total. The lowest BCUT2D eigenvalue weighted by molar-refractivity contribution is 0.919. The molecule has 1 heterocycles. The molecule has 8 aromatic carbocycles. The third-order valence-corrected chi connectivity index (χ3v) is 11.9. The summed E-state index contributed by atoms with van der Waals surface area (Å²) >= 11 is 0. The maximum atomic E-state index is 5.42. The fraction of sp³-hybridized carbons (Fsp3) is 0.121. The Morgan fingerprint density at radius 3 is 1.32 bits per heavy atom. The molecule has 0 aliphatic heterocycles. The number of hydrogen-bond donors (Lipinski definition) is 0. The van der Waals surface area contributed by atoms with Gasteiger partial charge in [-0.25, -0.2) is 4.98 Å². The van der Waals surface area contributed by atoms with Crippen molar-refractivity contribution in [2.75, 3.05) is 4.90 Å². The van der Waals surface area contributed by atoms with Crippen LogP contribution in [0, 0.1) is 41.5 Å². The summed E-state index contributed by atoms with van der Waals surface area (Å²) in [5.74, 6) is 1.77. The van der Waals surface area contributed by atoms with E-state index in [2.05, 4.69) is 210 Å². The summed E-state index contributed by atoms with van der Waals surface area (Å²) in [6, 6.07) is 66.5. The lowest BCUT2D eigenvalue weighted by atomic mass is 9.77. The Morgan fingerprint density at radius 2 is 0.790 bits per heavy atom. The number of aryl methyl sites for hydroxylation is 6. The highest BCUT2D eigenvalue weighted by atomic mass is 15.3. The van der Waals surface area contributed by atoms with Gasteiger partial charge < -0.3 is 0 Å². The first kappa shape index (κ1) is 40.0. The predicted molar refractivity (Wildman–Crippen MR) is 259 cm³/mol. The summed E-state index contributed by atoms with van der Waals surface area (Å²) in [7, 11) is 0. The van der Waals surface area contributed by atoms with E-state index in [1.165, 1.54) is 50.1 Å². The molecule has 0 atom stereocenters. The SMILES string of the molecule is Cc1cc(C)c(C(c2ccc(N(c3nc(-c4ccccc4)nc(-c4ccccc4-c4ccccc4)n3)c3ccccc3-c3ccccc3)cc2)c2c(C)cc(C)cc2C)c(C)c1. The lowest BCUT2D eigenvalue weighted by Crippen LogP contribution is -2.17. The quantitative estimate of drug-likeness (QED) is 0.129. The molecule has 0 saturated carbocycles. The van der Waals surface area contributed by atoms with Crippen molar-refractivity contribution >= 4 is 17.3 Å². The summed E-state index contributed by atoms with van der Waals surface area (Å²) < 4.78 is 0. The maximum Gasteiger partial charge on any atom is 0.238 e. The van der Waals surface area contributed by atoms with E-state index in [1.54, 1.807) is 0 Å². The van der Waals surface area contributed by atoms with E-state index >= 15 is 0 Å². The second-order valence-electron chi connectivity index (χ2n) is 16.4. The van der Waals surface area contributed by atoms with Crippen LogP contribution in [-0.2, 0) is 0 Å². The van der Waals surface area contributed by atoms with Crippen molar-refractivity contribution in [2.24, 2.45) is 0 Å². The van der Waals surface area contributed by atoms with Crippen LogP contribution in [0.5, 0.6) is 0 Å². The van der Waals surface area contributed by atoms with E-state index in [4.69, 9.17) is 15.0 Å². The van der Waals surface area contributed by atoms with Gasteiger partial charge in [-0.3, -0.25) is 4.90 Å². The zero-order valence-electron chi connectivity index (χ0n) is 36.3. The van der Waals surface area contributed by atoms with Crippen LogP contribution >= 0.6 is 0 Å². The Morgan fingerprint density at radius 1 is 0.371 bits per heavy atom. The summed E-state index contributed by atoms with van der Waals surface area (Å²) in [4.78, 5) is 18.2. The summed E-state index contributed by atoms with van der Waals surface area (Å²) in [6.45, 7) is 13.4. The van der Waals surface area contributed by atoms with E-state index in [-0.39, 0.29) is 5.92 Å². The summed E-state index contributed by atoms with van der Waals surface area (Å²) in [6.07, 6.45) is 0. The van der Waals surface area contributed by atoms with E-state index in [0.29, 0.717) is 17.6 Å². The minimum Gasteiger partial charge on any atom is -0.278 e. The predicted octanol–water partition coefficient (Wildman–Crippen LogP) is 15.0. The average molecular weight is 803 g/mol. The van der Waals surface area contributed by atoms with E-state index in [0.717, 1.165) is 44.8 Å². The topological polar surface area (TPSA) is 41.9 Å². The number of benzene rings is 8. The van der Waals surface area contributed by atoms with E-state index in [9.17, 15) is 0 Å². The van der Waals surface area contributed by atoms with Crippen LogP contribution in [0.25, 0.3) is 45.0 Å². The van der Waals surface area contributed by atoms with Gasteiger partial charge in [0.2, 0.25) is 5.95 Å². The monoisotopic (exact) mass is 802 g/mol. The molecule has 302 valence electrons. The molecule has 0 fully saturated rings. The molecule has 9 rings (SSSR count). The van der Waals surface area contributed by atoms with Crippen molar-refractivity contribution in [2.45, 2.75) is 47.5 Å². The minimum atomic E-state index is 0.0401. The van der Waals surface area contributed by atoms with Crippen LogP contribution in [0.4, 0.5) is 17.3 Å². The Hall–Kier alpha value is -7.43. The van der Waals surface area contributed by atoms with Gasteiger partial charge in [-0.15, -0.1) is 0 Å². The molecule has 62 heavy (non-hydrogen) atoms. The van der Waals surface area contributed by atoms with Gasteiger partial charge in [-0.1, -0.05) is 181 Å². The Bertz CT molecular complexity index is 2910. The fourth-order valence-corrected chi connectivity index (χ4v) is 9.33. The molecular weight excluding hydrogens is 753 g/mol. The molecule has 0 spiro atoms. The normalized spacial score (nSPS) is 11.2. The van der Waals surface area contributed by atoms with E-state index < -0.39 is 0 Å². The third-order valence-electron chi connectivity index (χ3n) is 11.9. The van der Waals surface area contributed by atoms with Gasteiger partial charge in [-0.2, -0.15) is 9.97 Å². The zero-order chi connectivity index (χ0) is 42.7. The molecule has 0 saturated heterocycles. The molecular formula is C58H50N4. The number of aromatic nitrogens is 3. The Labute approximate surface area is 366 Å². The number of rotatable bonds is 10. The third kappa shape index (κ3) is 7.96. The maximum absolute atomic E-state index is 5.42. The Balaban J connectivity index is 1.28. The van der Waals surface area contributed by atoms with E-state index in [1.807, 2.05) is 24.3 Å². The molecule has 1 aromatic heterocycles. The zero-order valence-corrected chi connectivity index (χ0v) is 36.3. The molecule has 0 unspecified atom stereocenters. The smallest absolute Gasteiger partial charge is 0.238 e. The molecule has 9 aromatic rings. The van der Waals surface area contributed by atoms with Crippen molar-refractivity contribution in [3.05, 3.63) is 238 Å². The second kappa shape index (κ2) is 17.3. The van der Waals surface area contributed by atoms with Crippen molar-refractivity contribution < 1.29 is 0 Å². The Kier molecular flexibility index (Phi) is 11.1. The van der Waals surface area contributed by atoms with Crippen LogP contribution in [0.1, 0.15) is 56.0 Å². The molecule has 0 radical (unpaired) electrons. The lowest BCUT2D eigenvalue weighted by Gasteiger charge is -2.29. The van der Waals surface area contributed by atoms with Gasteiger partial charge in [0.1, 0.15) is 0 Å². The largest absolute Gasteiger partial charge is 0.278 e. The van der Waals surface area contributed by atoms with Crippen LogP contribution in [0.15, 0.2) is 188 Å². The van der Waals surface area contributed by atoms with Crippen molar-refractivity contribution in [3.8, 4) is 45.0 Å². The summed E-state index contributed by atoms with van der Waals surface area (Å²) in [5, 5.41) is 0. The van der Waals surface area contributed by atoms with Crippen LogP contribution in [-0.4, -0.2) is 15.0 Å². The van der Waals surface area contributed by atoms with Crippen molar-refractivity contribution in [1.29, 1.82) is 0 Å². The highest BCUT2D eigenvalue weighted by Crippen LogP contribution is 2.44. The molecule has 4 heteroatoms. The van der Waals surface area contributed by atoms with Gasteiger partial charge in [-0.05, 0) is 115 Å². The van der Waals surface area contributed by atoms with Gasteiger partial charge in [0.15, 0.2) is 11.6 Å². The van der Waals surface area contributed by atoms with Gasteiger partial charge in [0.05, 0.1) is 5.69 Å². The first-order valence-electron chi connectivity index (χ1n) is 21.4. The minimum absolute atomic E-state index is 0.0401. The van der Waals surface area contributed by atoms with Crippen LogP contribution in [0.2, 0.25) is 0 Å². The van der Waals surface area contributed by atoms with Crippen LogP contribution in [0.3, 0.4) is 0 Å². The van der Waals surface area contributed by atoms with Crippen LogP contribution < -0.4 is 4.90 Å². The van der Waals surface area contributed by atoms with Gasteiger partial charge >= 0.3 is 0 Å². The number of hydrogen-bond acceptors (Lipinski definition) is 4. The first-order chi connectivity index (χ1) is 30.2. The molecule has 0 aliphatic carbocycles. The van der Waals surface area contributed by atoms with Gasteiger partial charge in [0.25, 0.3) is 0 Å². The summed E-state index contributed by atoms with van der Waals surface area (Å²) in [5.41, 5.74) is 19.8. The number of nitrogens with zero attached hydrogens (tertiary/aromatic N) is 4. The average Bonchev–Trinajstić information content (AvgIpc) is 3.29. The second-order valence-corrected chi connectivity index (χ2v) is 16.4. The molecule has 0 bridgehead atoms. The number of anilines is 3. The molecule has 0 aliphatic rings. The standard InChI is InChI=1S/C58H50N4/c1-38-34-40(3)53(41(4)35-38)55(54-42(5)36-39(2)37-43(54)6)46-30-32-48(33-31-46)62(52-29-19-18-27-50(52)45-22-12-8-13-23-45)58-60-56(47-24-14-9-15-25-47)59-57(61-58)51-28-17-16-26-49(51)44-20-10-7-11-21-44/h7-37,55H,1-6H3. The molecule has 4 nitrogen and oxygen atoms in total. The highest BCUT2D eigenvalue weighted by Gasteiger charge is 2.27. The van der Waals surface area contributed by atoms with Crippen molar-refractivity contribution in [1.82, 2.24) is 15.0 Å². The molecule has 0 amide bonds. The fourth-order valence-electron chi connectivity index (χ4n) is 9.33. The van der Waals surface area contributed by atoms with Crippen molar-refractivity contribution in [3.63, 3.8) is 0 Å². The van der Waals surface area contributed by atoms with Gasteiger partial charge in [0, 0.05) is 28.3 Å². The first-order valence-corrected chi connectivity index (χ1v) is 21.4. The highest BCUT2D eigenvalue weighted by molar-refractivity contribution is 5.88.